The minimum Gasteiger partial charge on any atom is -0.445 e. The van der Waals surface area contributed by atoms with Crippen LogP contribution in [0, 0.1) is 17.2 Å². The minimum atomic E-state index is -1.00. The fourth-order valence-corrected chi connectivity index (χ4v) is 4.96. The van der Waals surface area contributed by atoms with Crippen LogP contribution in [0.1, 0.15) is 43.2 Å². The number of alkyl carbamates (subject to hydrolysis) is 1. The summed E-state index contributed by atoms with van der Waals surface area (Å²) in [7, 11) is 0. The second-order valence-corrected chi connectivity index (χ2v) is 9.32. The molecule has 0 aromatic heterocycles. The van der Waals surface area contributed by atoms with Gasteiger partial charge in [-0.2, -0.15) is 5.26 Å². The molecule has 1 saturated heterocycles. The molecule has 0 spiro atoms. The number of likely N-dealkylation sites (tertiary alicyclic amines) is 1. The number of amides is 2. The average Bonchev–Trinajstić information content (AvgIpc) is 3.25. The second-order valence-electron chi connectivity index (χ2n) is 9.32. The number of nitrogens with zero attached hydrogens (tertiary/aromatic N) is 2. The molecule has 2 N–H and O–H groups in total. The lowest BCUT2D eigenvalue weighted by Crippen LogP contribution is -2.62. The third-order valence-electron chi connectivity index (χ3n) is 6.82. The van der Waals surface area contributed by atoms with Crippen LogP contribution in [-0.2, 0) is 22.7 Å². The molecule has 1 saturated carbocycles. The van der Waals surface area contributed by atoms with E-state index in [1.165, 1.54) is 5.56 Å². The summed E-state index contributed by atoms with van der Waals surface area (Å²) in [6.45, 7) is 2.10. The van der Waals surface area contributed by atoms with Gasteiger partial charge in [-0.05, 0) is 24.0 Å². The first-order chi connectivity index (χ1) is 16.6. The number of nitriles is 1. The molecule has 2 atom stereocenters. The highest BCUT2D eigenvalue weighted by Crippen LogP contribution is 2.30. The maximum absolute atomic E-state index is 13.5. The standard InChI is InChI=1S/C27H32N4O3/c28-16-23-18-31(17-21-10-4-1-5-11-21)19-24(23)29-25(32)27(14-8-3-9-15-27)30-26(33)34-20-22-12-6-2-7-13-22/h1-2,4-7,10-13,23-24H,3,8-9,14-15,17-20H2,(H,29,32)(H,30,33). The molecule has 1 heterocycles. The molecule has 2 fully saturated rings. The van der Waals surface area contributed by atoms with E-state index >= 15 is 0 Å². The molecular formula is C27H32N4O3. The molecule has 2 aliphatic rings. The topological polar surface area (TPSA) is 94.5 Å². The molecule has 34 heavy (non-hydrogen) atoms. The molecule has 178 valence electrons. The van der Waals surface area contributed by atoms with Gasteiger partial charge in [0.1, 0.15) is 12.1 Å². The van der Waals surface area contributed by atoms with Crippen molar-refractivity contribution in [2.24, 2.45) is 5.92 Å². The Hall–Kier alpha value is -3.37. The van der Waals surface area contributed by atoms with E-state index in [0.29, 0.717) is 25.9 Å². The van der Waals surface area contributed by atoms with Gasteiger partial charge in [0, 0.05) is 19.6 Å². The van der Waals surface area contributed by atoms with Gasteiger partial charge in [0.15, 0.2) is 0 Å². The molecule has 2 amide bonds. The third-order valence-corrected chi connectivity index (χ3v) is 6.82. The van der Waals surface area contributed by atoms with Crippen LogP contribution < -0.4 is 10.6 Å². The van der Waals surface area contributed by atoms with Crippen LogP contribution in [0.15, 0.2) is 60.7 Å². The number of hydrogen-bond acceptors (Lipinski definition) is 5. The number of carbonyl (C=O) groups is 2. The van der Waals surface area contributed by atoms with E-state index in [1.807, 2.05) is 48.5 Å². The van der Waals surface area contributed by atoms with Crippen LogP contribution >= 0.6 is 0 Å². The van der Waals surface area contributed by atoms with Crippen LogP contribution in [0.4, 0.5) is 4.79 Å². The fourth-order valence-electron chi connectivity index (χ4n) is 4.96. The van der Waals surface area contributed by atoms with Crippen molar-refractivity contribution in [1.29, 1.82) is 5.26 Å². The van der Waals surface area contributed by atoms with E-state index in [1.54, 1.807) is 0 Å². The van der Waals surface area contributed by atoms with E-state index in [4.69, 9.17) is 4.74 Å². The number of rotatable bonds is 7. The van der Waals surface area contributed by atoms with Gasteiger partial charge in [-0.15, -0.1) is 0 Å². The quantitative estimate of drug-likeness (QED) is 0.656. The van der Waals surface area contributed by atoms with Gasteiger partial charge in [0.05, 0.1) is 18.0 Å². The number of hydrogen-bond donors (Lipinski definition) is 2. The van der Waals surface area contributed by atoms with Crippen molar-refractivity contribution >= 4 is 12.0 Å². The Morgan fingerprint density at radius 2 is 1.62 bits per heavy atom. The van der Waals surface area contributed by atoms with Crippen molar-refractivity contribution in [3.63, 3.8) is 0 Å². The van der Waals surface area contributed by atoms with Crippen LogP contribution in [0.3, 0.4) is 0 Å². The lowest BCUT2D eigenvalue weighted by molar-refractivity contribution is -0.129. The van der Waals surface area contributed by atoms with Gasteiger partial charge < -0.3 is 15.4 Å². The molecule has 0 radical (unpaired) electrons. The summed E-state index contributed by atoms with van der Waals surface area (Å²) in [5.41, 5.74) is 1.07. The van der Waals surface area contributed by atoms with Gasteiger partial charge in [-0.25, -0.2) is 4.79 Å². The van der Waals surface area contributed by atoms with Gasteiger partial charge in [0.2, 0.25) is 5.91 Å². The largest absolute Gasteiger partial charge is 0.445 e. The summed E-state index contributed by atoms with van der Waals surface area (Å²) < 4.78 is 5.41. The molecule has 4 rings (SSSR count). The highest BCUT2D eigenvalue weighted by Gasteiger charge is 2.44. The molecular weight excluding hydrogens is 428 g/mol. The molecule has 7 heteroatoms. The normalized spacial score (nSPS) is 21.9. The van der Waals surface area contributed by atoms with Gasteiger partial charge in [0.25, 0.3) is 0 Å². The SMILES string of the molecule is N#CC1CN(Cc2ccccc2)CC1NC(=O)C1(NC(=O)OCc2ccccc2)CCCCC1. The first-order valence-electron chi connectivity index (χ1n) is 12.0. The summed E-state index contributed by atoms with van der Waals surface area (Å²) >= 11 is 0. The van der Waals surface area contributed by atoms with E-state index in [-0.39, 0.29) is 24.5 Å². The molecule has 0 bridgehead atoms. The Bertz CT molecular complexity index is 1000. The number of benzene rings is 2. The van der Waals surface area contributed by atoms with Crippen LogP contribution in [-0.4, -0.2) is 41.6 Å². The van der Waals surface area contributed by atoms with Gasteiger partial charge >= 0.3 is 6.09 Å². The van der Waals surface area contributed by atoms with Gasteiger partial charge in [-0.3, -0.25) is 9.69 Å². The van der Waals surface area contributed by atoms with Crippen molar-refractivity contribution in [3.8, 4) is 6.07 Å². The van der Waals surface area contributed by atoms with Crippen molar-refractivity contribution in [1.82, 2.24) is 15.5 Å². The first kappa shape index (κ1) is 23.8. The zero-order valence-electron chi connectivity index (χ0n) is 19.4. The van der Waals surface area contributed by atoms with Crippen LogP contribution in [0.5, 0.6) is 0 Å². The predicted octanol–water partition coefficient (Wildman–Crippen LogP) is 3.76. The molecule has 1 aliphatic carbocycles. The Morgan fingerprint density at radius 3 is 2.26 bits per heavy atom. The summed E-state index contributed by atoms with van der Waals surface area (Å²) in [6, 6.07) is 21.7. The van der Waals surface area contributed by atoms with Crippen molar-refractivity contribution < 1.29 is 14.3 Å². The van der Waals surface area contributed by atoms with E-state index < -0.39 is 11.6 Å². The summed E-state index contributed by atoms with van der Waals surface area (Å²) in [5, 5.41) is 15.7. The predicted molar refractivity (Wildman–Crippen MR) is 128 cm³/mol. The number of carbonyl (C=O) groups excluding carboxylic acids is 2. The van der Waals surface area contributed by atoms with Crippen molar-refractivity contribution in [2.45, 2.75) is 56.8 Å². The van der Waals surface area contributed by atoms with E-state index in [9.17, 15) is 14.9 Å². The highest BCUT2D eigenvalue weighted by molar-refractivity contribution is 5.90. The fraction of sp³-hybridized carbons (Fsp3) is 0.444. The van der Waals surface area contributed by atoms with Gasteiger partial charge in [-0.1, -0.05) is 79.9 Å². The van der Waals surface area contributed by atoms with Crippen LogP contribution in [0.2, 0.25) is 0 Å². The lowest BCUT2D eigenvalue weighted by atomic mass is 9.80. The second kappa shape index (κ2) is 11.2. The zero-order chi connectivity index (χ0) is 23.8. The van der Waals surface area contributed by atoms with Crippen molar-refractivity contribution in [3.05, 3.63) is 71.8 Å². The Labute approximate surface area is 201 Å². The minimum absolute atomic E-state index is 0.151. The number of ether oxygens (including phenoxy) is 1. The number of nitrogens with one attached hydrogen (secondary N) is 2. The zero-order valence-corrected chi connectivity index (χ0v) is 19.4. The Morgan fingerprint density at radius 1 is 0.971 bits per heavy atom. The molecule has 2 aromatic rings. The summed E-state index contributed by atoms with van der Waals surface area (Å²) in [4.78, 5) is 28.3. The molecule has 2 aromatic carbocycles. The van der Waals surface area contributed by atoms with Crippen molar-refractivity contribution in [2.75, 3.05) is 13.1 Å². The Kier molecular flexibility index (Phi) is 7.81. The maximum Gasteiger partial charge on any atom is 0.408 e. The van der Waals surface area contributed by atoms with Crippen LogP contribution in [0.25, 0.3) is 0 Å². The summed E-state index contributed by atoms with van der Waals surface area (Å²) in [5.74, 6) is -0.506. The lowest BCUT2D eigenvalue weighted by Gasteiger charge is -2.37. The molecule has 2 unspecified atom stereocenters. The maximum atomic E-state index is 13.5. The van der Waals surface area contributed by atoms with E-state index in [2.05, 4.69) is 33.7 Å². The molecule has 1 aliphatic heterocycles. The summed E-state index contributed by atoms with van der Waals surface area (Å²) in [6.07, 6.45) is 3.30. The third kappa shape index (κ3) is 5.95. The average molecular weight is 461 g/mol. The first-order valence-corrected chi connectivity index (χ1v) is 12.0. The van der Waals surface area contributed by atoms with E-state index in [0.717, 1.165) is 31.4 Å². The monoisotopic (exact) mass is 460 g/mol. The molecule has 7 nitrogen and oxygen atoms in total. The highest BCUT2D eigenvalue weighted by atomic mass is 16.5. The smallest absolute Gasteiger partial charge is 0.408 e. The Balaban J connectivity index is 1.38.